The third-order valence-electron chi connectivity index (χ3n) is 2.87. The highest BCUT2D eigenvalue weighted by molar-refractivity contribution is 5.48. The molecule has 0 spiro atoms. The molecule has 94 valence electrons. The van der Waals surface area contributed by atoms with Gasteiger partial charge in [-0.15, -0.1) is 0 Å². The summed E-state index contributed by atoms with van der Waals surface area (Å²) in [5.74, 6) is 0. The fourth-order valence-electron chi connectivity index (χ4n) is 1.85. The van der Waals surface area contributed by atoms with Crippen molar-refractivity contribution >= 4 is 5.69 Å². The molecule has 0 aliphatic heterocycles. The first-order valence-electron chi connectivity index (χ1n) is 6.25. The van der Waals surface area contributed by atoms with E-state index in [4.69, 9.17) is 0 Å². The molecule has 1 N–H and O–H groups in total. The van der Waals surface area contributed by atoms with Gasteiger partial charge in [0.1, 0.15) is 0 Å². The van der Waals surface area contributed by atoms with Gasteiger partial charge in [-0.2, -0.15) is 0 Å². The lowest BCUT2D eigenvalue weighted by molar-refractivity contribution is 0.173. The van der Waals surface area contributed by atoms with Crippen molar-refractivity contribution in [1.82, 2.24) is 0 Å². The van der Waals surface area contributed by atoms with Gasteiger partial charge in [0.25, 0.3) is 0 Å². The van der Waals surface area contributed by atoms with Crippen molar-refractivity contribution in [2.45, 2.75) is 33.3 Å². The standard InChI is InChI=1S/C15H23NO/c1-5-15(17)13-7-9-14(10-8-13)16(6-2)11-12(3)4/h7-10,15,17H,3,5-6,11H2,1-2,4H3/t15-/m1/s1. The van der Waals surface area contributed by atoms with Gasteiger partial charge in [0.05, 0.1) is 6.10 Å². The summed E-state index contributed by atoms with van der Waals surface area (Å²) in [7, 11) is 0. The van der Waals surface area contributed by atoms with Crippen LogP contribution in [0.25, 0.3) is 0 Å². The zero-order valence-electron chi connectivity index (χ0n) is 11.1. The van der Waals surface area contributed by atoms with E-state index in [0.717, 1.165) is 30.6 Å². The lowest BCUT2D eigenvalue weighted by atomic mass is 10.1. The minimum absolute atomic E-state index is 0.347. The average molecular weight is 233 g/mol. The van der Waals surface area contributed by atoms with Gasteiger partial charge in [0.2, 0.25) is 0 Å². The number of anilines is 1. The lowest BCUT2D eigenvalue weighted by Gasteiger charge is -2.23. The number of hydrogen-bond acceptors (Lipinski definition) is 2. The van der Waals surface area contributed by atoms with Crippen LogP contribution in [0.2, 0.25) is 0 Å². The largest absolute Gasteiger partial charge is 0.388 e. The normalized spacial score (nSPS) is 12.2. The van der Waals surface area contributed by atoms with Gasteiger partial charge in [0.15, 0.2) is 0 Å². The summed E-state index contributed by atoms with van der Waals surface area (Å²) in [5.41, 5.74) is 3.33. The highest BCUT2D eigenvalue weighted by Gasteiger charge is 2.07. The fourth-order valence-corrected chi connectivity index (χ4v) is 1.85. The second-order valence-electron chi connectivity index (χ2n) is 4.49. The molecule has 2 nitrogen and oxygen atoms in total. The van der Waals surface area contributed by atoms with Crippen LogP contribution in [0.4, 0.5) is 5.69 Å². The van der Waals surface area contributed by atoms with Crippen molar-refractivity contribution in [2.75, 3.05) is 18.0 Å². The summed E-state index contributed by atoms with van der Waals surface area (Å²) in [4.78, 5) is 2.27. The first kappa shape index (κ1) is 13.8. The van der Waals surface area contributed by atoms with Crippen molar-refractivity contribution in [1.29, 1.82) is 0 Å². The maximum atomic E-state index is 9.73. The van der Waals surface area contributed by atoms with E-state index in [1.807, 2.05) is 26.0 Å². The second-order valence-corrected chi connectivity index (χ2v) is 4.49. The zero-order chi connectivity index (χ0) is 12.8. The zero-order valence-corrected chi connectivity index (χ0v) is 11.1. The Hall–Kier alpha value is -1.28. The molecule has 2 heteroatoms. The highest BCUT2D eigenvalue weighted by atomic mass is 16.3. The Morgan fingerprint density at radius 1 is 1.29 bits per heavy atom. The number of nitrogens with zero attached hydrogens (tertiary/aromatic N) is 1. The van der Waals surface area contributed by atoms with Gasteiger partial charge in [0, 0.05) is 18.8 Å². The predicted molar refractivity (Wildman–Crippen MR) is 74.4 cm³/mol. The summed E-state index contributed by atoms with van der Waals surface area (Å²) >= 11 is 0. The van der Waals surface area contributed by atoms with E-state index < -0.39 is 0 Å². The Balaban J connectivity index is 2.81. The molecule has 0 radical (unpaired) electrons. The van der Waals surface area contributed by atoms with Gasteiger partial charge < -0.3 is 10.0 Å². The van der Waals surface area contributed by atoms with Gasteiger partial charge in [-0.05, 0) is 38.0 Å². The van der Waals surface area contributed by atoms with E-state index in [1.54, 1.807) is 0 Å². The number of hydrogen-bond donors (Lipinski definition) is 1. The molecule has 0 fully saturated rings. The van der Waals surface area contributed by atoms with E-state index in [1.165, 1.54) is 5.69 Å². The Kier molecular flexibility index (Phi) is 5.23. The molecule has 1 aromatic rings. The number of aliphatic hydroxyl groups excluding tert-OH is 1. The third kappa shape index (κ3) is 3.90. The van der Waals surface area contributed by atoms with E-state index in [9.17, 15) is 5.11 Å². The number of rotatable bonds is 6. The van der Waals surface area contributed by atoms with Crippen LogP contribution < -0.4 is 4.90 Å². The van der Waals surface area contributed by atoms with Gasteiger partial charge in [-0.25, -0.2) is 0 Å². The van der Waals surface area contributed by atoms with E-state index in [-0.39, 0.29) is 6.10 Å². The maximum Gasteiger partial charge on any atom is 0.0787 e. The molecule has 0 amide bonds. The molecule has 0 saturated carbocycles. The monoisotopic (exact) mass is 233 g/mol. The molecule has 0 aliphatic rings. The molecule has 0 saturated heterocycles. The van der Waals surface area contributed by atoms with Crippen LogP contribution in [0.3, 0.4) is 0 Å². The predicted octanol–water partition coefficient (Wildman–Crippen LogP) is 3.53. The van der Waals surface area contributed by atoms with Crippen molar-refractivity contribution < 1.29 is 5.11 Å². The number of aliphatic hydroxyl groups is 1. The Labute approximate surface area is 105 Å². The van der Waals surface area contributed by atoms with Crippen LogP contribution >= 0.6 is 0 Å². The van der Waals surface area contributed by atoms with Crippen LogP contribution in [0.15, 0.2) is 36.4 Å². The Morgan fingerprint density at radius 2 is 1.88 bits per heavy atom. The van der Waals surface area contributed by atoms with E-state index in [2.05, 4.69) is 30.5 Å². The molecule has 1 atom stereocenters. The number of benzene rings is 1. The van der Waals surface area contributed by atoms with E-state index in [0.29, 0.717) is 0 Å². The average Bonchev–Trinajstić information content (AvgIpc) is 2.35. The van der Waals surface area contributed by atoms with Gasteiger partial charge in [-0.3, -0.25) is 0 Å². The lowest BCUT2D eigenvalue weighted by Crippen LogP contribution is -2.24. The number of likely N-dealkylation sites (N-methyl/N-ethyl adjacent to an activating group) is 1. The molecule has 0 aromatic heterocycles. The van der Waals surface area contributed by atoms with Gasteiger partial charge in [-0.1, -0.05) is 31.2 Å². The molecule has 1 aromatic carbocycles. The molecular formula is C15H23NO. The summed E-state index contributed by atoms with van der Waals surface area (Å²) in [5, 5.41) is 9.73. The molecule has 0 bridgehead atoms. The summed E-state index contributed by atoms with van der Waals surface area (Å²) in [6.07, 6.45) is 0.406. The van der Waals surface area contributed by atoms with Crippen molar-refractivity contribution in [3.63, 3.8) is 0 Å². The Bertz CT molecular complexity index is 356. The SMILES string of the molecule is C=C(C)CN(CC)c1ccc([C@H](O)CC)cc1. The van der Waals surface area contributed by atoms with Crippen molar-refractivity contribution in [3.8, 4) is 0 Å². The Morgan fingerprint density at radius 3 is 2.29 bits per heavy atom. The summed E-state index contributed by atoms with van der Waals surface area (Å²) in [6.45, 7) is 11.9. The van der Waals surface area contributed by atoms with Crippen LogP contribution in [-0.2, 0) is 0 Å². The molecule has 17 heavy (non-hydrogen) atoms. The summed E-state index contributed by atoms with van der Waals surface area (Å²) in [6, 6.07) is 8.15. The molecular weight excluding hydrogens is 210 g/mol. The first-order chi connectivity index (χ1) is 8.08. The molecule has 1 rings (SSSR count). The quantitative estimate of drug-likeness (QED) is 0.760. The molecule has 0 aliphatic carbocycles. The van der Waals surface area contributed by atoms with Crippen molar-refractivity contribution in [3.05, 3.63) is 42.0 Å². The minimum atomic E-state index is -0.347. The van der Waals surface area contributed by atoms with Crippen LogP contribution in [0.1, 0.15) is 38.9 Å². The van der Waals surface area contributed by atoms with Gasteiger partial charge >= 0.3 is 0 Å². The summed E-state index contributed by atoms with van der Waals surface area (Å²) < 4.78 is 0. The maximum absolute atomic E-state index is 9.73. The molecule has 0 heterocycles. The highest BCUT2D eigenvalue weighted by Crippen LogP contribution is 2.21. The molecule has 0 unspecified atom stereocenters. The van der Waals surface area contributed by atoms with Crippen LogP contribution in [-0.4, -0.2) is 18.2 Å². The fraction of sp³-hybridized carbons (Fsp3) is 0.467. The first-order valence-corrected chi connectivity index (χ1v) is 6.25. The van der Waals surface area contributed by atoms with Crippen LogP contribution in [0.5, 0.6) is 0 Å². The second kappa shape index (κ2) is 6.45. The minimum Gasteiger partial charge on any atom is -0.388 e. The topological polar surface area (TPSA) is 23.5 Å². The smallest absolute Gasteiger partial charge is 0.0787 e. The van der Waals surface area contributed by atoms with Crippen molar-refractivity contribution in [2.24, 2.45) is 0 Å². The van der Waals surface area contributed by atoms with E-state index >= 15 is 0 Å². The van der Waals surface area contributed by atoms with Crippen LogP contribution in [0, 0.1) is 0 Å². The third-order valence-corrected chi connectivity index (χ3v) is 2.87.